The van der Waals surface area contributed by atoms with Crippen molar-refractivity contribution >= 4 is 5.91 Å². The molecule has 1 N–H and O–H groups in total. The molecule has 5 heteroatoms. The van der Waals surface area contributed by atoms with Gasteiger partial charge in [-0.25, -0.2) is 8.78 Å². The second kappa shape index (κ2) is 8.21. The quantitative estimate of drug-likeness (QED) is 0.895. The average molecular weight is 345 g/mol. The molecule has 2 aromatic carbocycles. The van der Waals surface area contributed by atoms with Gasteiger partial charge in [-0.2, -0.15) is 0 Å². The lowest BCUT2D eigenvalue weighted by Gasteiger charge is -2.25. The minimum absolute atomic E-state index is 0.0611. The van der Waals surface area contributed by atoms with Crippen LogP contribution >= 0.6 is 0 Å². The molecule has 0 bridgehead atoms. The Hall–Kier alpha value is -2.27. The van der Waals surface area contributed by atoms with E-state index < -0.39 is 6.04 Å². The van der Waals surface area contributed by atoms with Gasteiger partial charge in [-0.05, 0) is 54.7 Å². The van der Waals surface area contributed by atoms with Crippen LogP contribution in [0.15, 0.2) is 48.5 Å². The average Bonchev–Trinajstić information content (AvgIpc) is 2.62. The van der Waals surface area contributed by atoms with Crippen LogP contribution in [-0.4, -0.2) is 19.1 Å². The van der Waals surface area contributed by atoms with Crippen LogP contribution in [0.25, 0.3) is 0 Å². The summed E-state index contributed by atoms with van der Waals surface area (Å²) in [6, 6.07) is 12.0. The molecule has 1 aliphatic heterocycles. The van der Waals surface area contributed by atoms with Crippen LogP contribution in [0.2, 0.25) is 0 Å². The minimum Gasteiger partial charge on any atom is -0.381 e. The standard InChI is InChI=1S/C20H21F2NO2/c21-17-5-1-3-14(11-17)12-19(16-4-2-6-18(22)13-16)23-20(24)15-7-9-25-10-8-15/h1-6,11,13,15,19H,7-10,12H2,(H,23,24). The van der Waals surface area contributed by atoms with E-state index in [0.717, 1.165) is 5.56 Å². The molecule has 1 atom stereocenters. The molecule has 3 rings (SSSR count). The van der Waals surface area contributed by atoms with Crippen molar-refractivity contribution in [2.45, 2.75) is 25.3 Å². The number of halogens is 2. The highest BCUT2D eigenvalue weighted by Gasteiger charge is 2.24. The fraction of sp³-hybridized carbons (Fsp3) is 0.350. The lowest BCUT2D eigenvalue weighted by atomic mass is 9.95. The van der Waals surface area contributed by atoms with Crippen LogP contribution in [0.1, 0.15) is 30.0 Å². The van der Waals surface area contributed by atoms with Gasteiger partial charge in [0.1, 0.15) is 11.6 Å². The summed E-state index contributed by atoms with van der Waals surface area (Å²) in [5.74, 6) is -0.848. The molecule has 1 unspecified atom stereocenters. The summed E-state index contributed by atoms with van der Waals surface area (Å²) >= 11 is 0. The van der Waals surface area contributed by atoms with E-state index in [2.05, 4.69) is 5.32 Å². The highest BCUT2D eigenvalue weighted by molar-refractivity contribution is 5.79. The number of rotatable bonds is 5. The molecule has 3 nitrogen and oxygen atoms in total. The number of hydrogen-bond donors (Lipinski definition) is 1. The van der Waals surface area contributed by atoms with Crippen molar-refractivity contribution in [1.82, 2.24) is 5.32 Å². The lowest BCUT2D eigenvalue weighted by Crippen LogP contribution is -2.37. The zero-order valence-corrected chi connectivity index (χ0v) is 13.9. The zero-order chi connectivity index (χ0) is 17.6. The third-order valence-corrected chi connectivity index (χ3v) is 4.49. The molecule has 0 spiro atoms. The van der Waals surface area contributed by atoms with Gasteiger partial charge in [0.05, 0.1) is 6.04 Å². The van der Waals surface area contributed by atoms with Gasteiger partial charge in [-0.1, -0.05) is 24.3 Å². The third kappa shape index (κ3) is 4.86. The Balaban J connectivity index is 1.79. The molecule has 1 fully saturated rings. The number of hydrogen-bond acceptors (Lipinski definition) is 2. The van der Waals surface area contributed by atoms with Crippen molar-refractivity contribution in [1.29, 1.82) is 0 Å². The fourth-order valence-corrected chi connectivity index (χ4v) is 3.12. The SMILES string of the molecule is O=C(NC(Cc1cccc(F)c1)c1cccc(F)c1)C1CCOCC1. The molecule has 1 saturated heterocycles. The Kier molecular flexibility index (Phi) is 5.76. The van der Waals surface area contributed by atoms with Crippen molar-refractivity contribution in [2.75, 3.05) is 13.2 Å². The van der Waals surface area contributed by atoms with E-state index in [0.29, 0.717) is 38.0 Å². The Bertz CT molecular complexity index is 729. The van der Waals surface area contributed by atoms with E-state index in [1.54, 1.807) is 24.3 Å². The summed E-state index contributed by atoms with van der Waals surface area (Å²) < 4.78 is 32.4. The molecule has 2 aromatic rings. The normalized spacial score (nSPS) is 16.4. The Labute approximate surface area is 146 Å². The Morgan fingerprint density at radius 2 is 1.76 bits per heavy atom. The van der Waals surface area contributed by atoms with E-state index in [-0.39, 0.29) is 23.5 Å². The third-order valence-electron chi connectivity index (χ3n) is 4.49. The van der Waals surface area contributed by atoms with Crippen molar-refractivity contribution in [3.05, 3.63) is 71.3 Å². The zero-order valence-electron chi connectivity index (χ0n) is 13.9. The van der Waals surface area contributed by atoms with Crippen LogP contribution in [0.3, 0.4) is 0 Å². The summed E-state index contributed by atoms with van der Waals surface area (Å²) in [5.41, 5.74) is 1.42. The second-order valence-electron chi connectivity index (χ2n) is 6.34. The van der Waals surface area contributed by atoms with Gasteiger partial charge in [0.2, 0.25) is 5.91 Å². The predicted octanol–water partition coefficient (Wildman–Crippen LogP) is 3.79. The number of benzene rings is 2. The summed E-state index contributed by atoms with van der Waals surface area (Å²) in [7, 11) is 0. The van der Waals surface area contributed by atoms with Gasteiger partial charge in [0.15, 0.2) is 0 Å². The van der Waals surface area contributed by atoms with E-state index >= 15 is 0 Å². The second-order valence-corrected chi connectivity index (χ2v) is 6.34. The lowest BCUT2D eigenvalue weighted by molar-refractivity contribution is -0.128. The van der Waals surface area contributed by atoms with Crippen molar-refractivity contribution in [3.8, 4) is 0 Å². The summed E-state index contributed by atoms with van der Waals surface area (Å²) in [5, 5.41) is 3.01. The van der Waals surface area contributed by atoms with E-state index in [1.807, 2.05) is 0 Å². The number of amides is 1. The van der Waals surface area contributed by atoms with Gasteiger partial charge >= 0.3 is 0 Å². The Morgan fingerprint density at radius 1 is 1.08 bits per heavy atom. The van der Waals surface area contributed by atoms with E-state index in [1.165, 1.54) is 24.3 Å². The maximum Gasteiger partial charge on any atom is 0.223 e. The van der Waals surface area contributed by atoms with Gasteiger partial charge in [0, 0.05) is 19.1 Å². The van der Waals surface area contributed by atoms with Crippen LogP contribution in [0.4, 0.5) is 8.78 Å². The van der Waals surface area contributed by atoms with Gasteiger partial charge < -0.3 is 10.1 Å². The van der Waals surface area contributed by atoms with Crippen LogP contribution in [0.5, 0.6) is 0 Å². The maximum atomic E-state index is 13.6. The van der Waals surface area contributed by atoms with Crippen LogP contribution in [-0.2, 0) is 16.0 Å². The molecule has 25 heavy (non-hydrogen) atoms. The molecule has 0 aromatic heterocycles. The van der Waals surface area contributed by atoms with E-state index in [9.17, 15) is 13.6 Å². The first-order valence-electron chi connectivity index (χ1n) is 8.50. The first-order valence-corrected chi connectivity index (χ1v) is 8.50. The number of carbonyl (C=O) groups excluding carboxylic acids is 1. The smallest absolute Gasteiger partial charge is 0.223 e. The Morgan fingerprint density at radius 3 is 2.44 bits per heavy atom. The first-order chi connectivity index (χ1) is 12.1. The largest absolute Gasteiger partial charge is 0.381 e. The summed E-state index contributed by atoms with van der Waals surface area (Å²) in [4.78, 5) is 12.6. The minimum atomic E-state index is -0.409. The molecule has 0 radical (unpaired) electrons. The molecule has 0 aliphatic carbocycles. The molecule has 0 saturated carbocycles. The van der Waals surface area contributed by atoms with Crippen molar-refractivity contribution in [2.24, 2.45) is 5.92 Å². The molecule has 132 valence electrons. The highest BCUT2D eigenvalue weighted by atomic mass is 19.1. The molecular formula is C20H21F2NO2. The molecule has 1 aliphatic rings. The summed E-state index contributed by atoms with van der Waals surface area (Å²) in [6.07, 6.45) is 1.76. The maximum absolute atomic E-state index is 13.6. The first kappa shape index (κ1) is 17.5. The highest BCUT2D eigenvalue weighted by Crippen LogP contribution is 2.22. The van der Waals surface area contributed by atoms with Crippen LogP contribution in [0, 0.1) is 17.6 Å². The van der Waals surface area contributed by atoms with Crippen LogP contribution < -0.4 is 5.32 Å². The molecule has 1 heterocycles. The monoisotopic (exact) mass is 345 g/mol. The number of nitrogens with one attached hydrogen (secondary N) is 1. The molecular weight excluding hydrogens is 324 g/mol. The topological polar surface area (TPSA) is 38.3 Å². The van der Waals surface area contributed by atoms with Gasteiger partial charge in [-0.3, -0.25) is 4.79 Å². The summed E-state index contributed by atoms with van der Waals surface area (Å²) in [6.45, 7) is 1.15. The molecule has 1 amide bonds. The number of carbonyl (C=O) groups is 1. The van der Waals surface area contributed by atoms with Gasteiger partial charge in [-0.15, -0.1) is 0 Å². The fourth-order valence-electron chi connectivity index (χ4n) is 3.12. The predicted molar refractivity (Wildman–Crippen MR) is 90.9 cm³/mol. The van der Waals surface area contributed by atoms with Gasteiger partial charge in [0.25, 0.3) is 0 Å². The number of ether oxygens (including phenoxy) is 1. The van der Waals surface area contributed by atoms with E-state index in [4.69, 9.17) is 4.74 Å². The van der Waals surface area contributed by atoms with Crippen molar-refractivity contribution in [3.63, 3.8) is 0 Å². The van der Waals surface area contributed by atoms with Crippen molar-refractivity contribution < 1.29 is 18.3 Å².